The molecule has 0 fully saturated rings. The molecule has 1 N–H and O–H groups in total. The van der Waals surface area contributed by atoms with Crippen LogP contribution in [-0.4, -0.2) is 15.0 Å². The van der Waals surface area contributed by atoms with Gasteiger partial charge in [-0.1, -0.05) is 24.3 Å². The number of aromatic amines is 1. The number of hydrogen-bond acceptors (Lipinski definition) is 5. The van der Waals surface area contributed by atoms with E-state index in [2.05, 4.69) is 15.0 Å². The number of nitrogens with one attached hydrogen (secondary N) is 1. The first-order chi connectivity index (χ1) is 9.72. The number of aromatic nitrogens is 3. The van der Waals surface area contributed by atoms with Gasteiger partial charge in [-0.25, -0.2) is 9.78 Å². The molecule has 4 rings (SSSR count). The van der Waals surface area contributed by atoms with Crippen LogP contribution in [0.3, 0.4) is 0 Å². The minimum atomic E-state index is -0.523. The molecule has 1 aliphatic heterocycles. The van der Waals surface area contributed by atoms with E-state index in [1.807, 2.05) is 12.1 Å². The number of rotatable bonds is 0. The van der Waals surface area contributed by atoms with E-state index >= 15 is 0 Å². The molecule has 0 unspecified atom stereocenters. The zero-order valence-corrected chi connectivity index (χ0v) is 10.1. The molecule has 0 radical (unpaired) electrons. The van der Waals surface area contributed by atoms with Crippen molar-refractivity contribution in [3.63, 3.8) is 0 Å². The second-order valence-corrected chi connectivity index (χ2v) is 4.38. The van der Waals surface area contributed by atoms with Crippen LogP contribution in [0.1, 0.15) is 0 Å². The van der Waals surface area contributed by atoms with Crippen LogP contribution in [0, 0.1) is 0 Å². The molecule has 96 valence electrons. The molecular formula is C14H7N3O3. The molecule has 0 saturated carbocycles. The molecule has 20 heavy (non-hydrogen) atoms. The first-order valence-corrected chi connectivity index (χ1v) is 5.94. The summed E-state index contributed by atoms with van der Waals surface area (Å²) in [4.78, 5) is 33.7. The Morgan fingerprint density at radius 1 is 1.10 bits per heavy atom. The van der Waals surface area contributed by atoms with E-state index in [-0.39, 0.29) is 11.1 Å². The lowest BCUT2D eigenvalue weighted by Gasteiger charge is -2.08. The minimum absolute atomic E-state index is 0.144. The SMILES string of the molecule is O=c1ncc2nc3c4ccccc4c(=O)cc-3oc2[nH]1. The number of fused-ring (bicyclic) bond motifs is 4. The Balaban J connectivity index is 2.28. The highest BCUT2D eigenvalue weighted by Gasteiger charge is 2.15. The Labute approximate surface area is 111 Å². The maximum absolute atomic E-state index is 12.0. The van der Waals surface area contributed by atoms with Crippen LogP contribution >= 0.6 is 0 Å². The average molecular weight is 265 g/mol. The molecule has 1 aliphatic carbocycles. The van der Waals surface area contributed by atoms with Crippen LogP contribution in [-0.2, 0) is 0 Å². The molecule has 2 aliphatic rings. The van der Waals surface area contributed by atoms with Crippen molar-refractivity contribution in [2.24, 2.45) is 0 Å². The molecule has 1 aromatic heterocycles. The van der Waals surface area contributed by atoms with Gasteiger partial charge in [-0.05, 0) is 0 Å². The number of benzene rings is 2. The molecule has 0 bridgehead atoms. The van der Waals surface area contributed by atoms with Crippen molar-refractivity contribution >= 4 is 22.0 Å². The fourth-order valence-corrected chi connectivity index (χ4v) is 2.26. The largest absolute Gasteiger partial charge is 0.436 e. The second-order valence-electron chi connectivity index (χ2n) is 4.38. The van der Waals surface area contributed by atoms with Crippen molar-refractivity contribution in [3.8, 4) is 11.5 Å². The van der Waals surface area contributed by atoms with Crippen LogP contribution in [0.2, 0.25) is 0 Å². The number of nitrogens with zero attached hydrogens (tertiary/aromatic N) is 2. The third-order valence-electron chi connectivity index (χ3n) is 3.14. The first-order valence-electron chi connectivity index (χ1n) is 5.94. The lowest BCUT2D eigenvalue weighted by Crippen LogP contribution is -2.10. The monoisotopic (exact) mass is 265 g/mol. The third-order valence-corrected chi connectivity index (χ3v) is 3.14. The van der Waals surface area contributed by atoms with Crippen molar-refractivity contribution in [2.75, 3.05) is 0 Å². The van der Waals surface area contributed by atoms with Crippen molar-refractivity contribution in [3.05, 3.63) is 57.2 Å². The predicted octanol–water partition coefficient (Wildman–Crippen LogP) is 1.53. The van der Waals surface area contributed by atoms with Crippen LogP contribution in [0.5, 0.6) is 0 Å². The van der Waals surface area contributed by atoms with E-state index in [1.54, 1.807) is 12.1 Å². The van der Waals surface area contributed by atoms with Crippen molar-refractivity contribution < 1.29 is 4.42 Å². The summed E-state index contributed by atoms with van der Waals surface area (Å²) in [7, 11) is 0. The summed E-state index contributed by atoms with van der Waals surface area (Å²) in [5.74, 6) is 0.336. The predicted molar refractivity (Wildman–Crippen MR) is 72.8 cm³/mol. The molecule has 0 atom stereocenters. The summed E-state index contributed by atoms with van der Waals surface area (Å²) >= 11 is 0. The summed E-state index contributed by atoms with van der Waals surface area (Å²) in [5.41, 5.74) is 0.537. The van der Waals surface area contributed by atoms with E-state index in [0.717, 1.165) is 0 Å². The quantitative estimate of drug-likeness (QED) is 0.384. The van der Waals surface area contributed by atoms with E-state index < -0.39 is 5.69 Å². The summed E-state index contributed by atoms with van der Waals surface area (Å²) in [5, 5.41) is 1.30. The normalized spacial score (nSPS) is 11.4. The van der Waals surface area contributed by atoms with Crippen LogP contribution in [0.4, 0.5) is 0 Å². The Morgan fingerprint density at radius 2 is 1.90 bits per heavy atom. The van der Waals surface area contributed by atoms with Gasteiger partial charge in [0.25, 0.3) is 0 Å². The van der Waals surface area contributed by atoms with E-state index in [1.165, 1.54) is 12.3 Å². The lowest BCUT2D eigenvalue weighted by molar-refractivity contribution is 0.597. The average Bonchev–Trinajstić information content (AvgIpc) is 2.46. The van der Waals surface area contributed by atoms with E-state index in [0.29, 0.717) is 27.7 Å². The Bertz CT molecular complexity index is 1050. The van der Waals surface area contributed by atoms with Crippen LogP contribution in [0.25, 0.3) is 33.5 Å². The minimum Gasteiger partial charge on any atom is -0.436 e. The first kappa shape index (κ1) is 10.9. The van der Waals surface area contributed by atoms with Crippen molar-refractivity contribution in [2.45, 2.75) is 0 Å². The Hall–Kier alpha value is -3.02. The number of H-pyrrole nitrogens is 1. The molecule has 6 heteroatoms. The van der Waals surface area contributed by atoms with Gasteiger partial charge in [-0.3, -0.25) is 9.78 Å². The fraction of sp³-hybridized carbons (Fsp3) is 0. The highest BCUT2D eigenvalue weighted by Crippen LogP contribution is 2.28. The van der Waals surface area contributed by atoms with Gasteiger partial charge in [0.15, 0.2) is 11.2 Å². The summed E-state index contributed by atoms with van der Waals surface area (Å²) in [6.45, 7) is 0. The molecule has 0 saturated heterocycles. The van der Waals surface area contributed by atoms with E-state index in [4.69, 9.17) is 4.42 Å². The molecule has 0 spiro atoms. The zero-order valence-electron chi connectivity index (χ0n) is 10.1. The molecule has 2 heterocycles. The highest BCUT2D eigenvalue weighted by atomic mass is 16.3. The van der Waals surface area contributed by atoms with Gasteiger partial charge < -0.3 is 4.42 Å². The molecular weight excluding hydrogens is 258 g/mol. The molecule has 6 nitrogen and oxygen atoms in total. The highest BCUT2D eigenvalue weighted by molar-refractivity contribution is 5.95. The zero-order chi connectivity index (χ0) is 13.7. The topological polar surface area (TPSA) is 88.8 Å². The van der Waals surface area contributed by atoms with Gasteiger partial charge in [0, 0.05) is 16.8 Å². The summed E-state index contributed by atoms with van der Waals surface area (Å²) in [6.07, 6.45) is 1.34. The van der Waals surface area contributed by atoms with Gasteiger partial charge in [-0.2, -0.15) is 4.98 Å². The summed E-state index contributed by atoms with van der Waals surface area (Å²) < 4.78 is 5.56. The lowest BCUT2D eigenvalue weighted by atomic mass is 10.1. The maximum Gasteiger partial charge on any atom is 0.347 e. The standard InChI is InChI=1S/C14H7N3O3/c18-10-5-11-12(8-4-2-1-3-7(8)10)16-9-6-15-14(19)17-13(9)20-11/h1-6H,(H,15,17,19). The Kier molecular flexibility index (Phi) is 2.03. The van der Waals surface area contributed by atoms with Gasteiger partial charge in [0.05, 0.1) is 6.20 Å². The van der Waals surface area contributed by atoms with Gasteiger partial charge >= 0.3 is 5.69 Å². The maximum atomic E-state index is 12.0. The van der Waals surface area contributed by atoms with Crippen molar-refractivity contribution in [1.29, 1.82) is 0 Å². The molecule has 2 aromatic rings. The van der Waals surface area contributed by atoms with Gasteiger partial charge in [0.1, 0.15) is 11.2 Å². The second kappa shape index (κ2) is 3.74. The number of hydrogen-bond donors (Lipinski definition) is 1. The van der Waals surface area contributed by atoms with Gasteiger partial charge in [-0.15, -0.1) is 0 Å². The fourth-order valence-electron chi connectivity index (χ4n) is 2.26. The summed E-state index contributed by atoms with van der Waals surface area (Å²) in [6, 6.07) is 8.56. The molecule has 0 amide bonds. The third kappa shape index (κ3) is 1.45. The molecule has 1 aromatic carbocycles. The van der Waals surface area contributed by atoms with Gasteiger partial charge in [0.2, 0.25) is 5.71 Å². The van der Waals surface area contributed by atoms with Crippen molar-refractivity contribution in [1.82, 2.24) is 15.0 Å². The van der Waals surface area contributed by atoms with E-state index in [9.17, 15) is 9.59 Å². The Morgan fingerprint density at radius 3 is 2.75 bits per heavy atom. The smallest absolute Gasteiger partial charge is 0.347 e. The van der Waals surface area contributed by atoms with Crippen LogP contribution in [0.15, 0.2) is 50.5 Å². The van der Waals surface area contributed by atoms with Crippen LogP contribution < -0.4 is 11.1 Å².